The van der Waals surface area contributed by atoms with Gasteiger partial charge in [-0.1, -0.05) is 13.8 Å². The molecule has 1 aromatic rings. The third kappa shape index (κ3) is 6.29. The molecule has 0 atom stereocenters. The van der Waals surface area contributed by atoms with Gasteiger partial charge in [-0.05, 0) is 46.8 Å². The number of nitrogens with one attached hydrogen (secondary N) is 2. The molecule has 0 fully saturated rings. The van der Waals surface area contributed by atoms with Crippen LogP contribution in [0.25, 0.3) is 0 Å². The van der Waals surface area contributed by atoms with E-state index in [1.165, 1.54) is 6.42 Å². The monoisotopic (exact) mass is 293 g/mol. The Bertz CT molecular complexity index is 417. The van der Waals surface area contributed by atoms with Crippen LogP contribution in [-0.2, 0) is 6.42 Å². The van der Waals surface area contributed by atoms with E-state index in [1.807, 2.05) is 0 Å². The van der Waals surface area contributed by atoms with Crippen LogP contribution in [0.3, 0.4) is 0 Å². The van der Waals surface area contributed by atoms with Crippen molar-refractivity contribution in [2.24, 2.45) is 0 Å². The van der Waals surface area contributed by atoms with Gasteiger partial charge in [0.05, 0.1) is 0 Å². The minimum atomic E-state index is 0.858. The van der Waals surface area contributed by atoms with Crippen LogP contribution < -0.4 is 10.6 Å². The van der Waals surface area contributed by atoms with Crippen LogP contribution in [0.15, 0.2) is 0 Å². The lowest BCUT2D eigenvalue weighted by Gasteiger charge is -2.15. The van der Waals surface area contributed by atoms with E-state index in [0.717, 1.165) is 61.9 Å². The number of aromatic nitrogens is 2. The van der Waals surface area contributed by atoms with E-state index in [9.17, 15) is 0 Å². The van der Waals surface area contributed by atoms with Crippen LogP contribution >= 0.6 is 0 Å². The average Bonchev–Trinajstić information content (AvgIpc) is 2.46. The van der Waals surface area contributed by atoms with Gasteiger partial charge in [-0.2, -0.15) is 0 Å². The maximum Gasteiger partial charge on any atom is 0.134 e. The standard InChI is InChI=1S/C16H31N5/c1-6-10-17-15-13(3)16(20-14(7-2)19-15)18-11-8-9-12-21(4)5/h6-12H2,1-5H3,(H2,17,18,19,20). The normalized spacial score (nSPS) is 11.0. The summed E-state index contributed by atoms with van der Waals surface area (Å²) in [6.07, 6.45) is 4.31. The Morgan fingerprint density at radius 3 is 2.10 bits per heavy atom. The van der Waals surface area contributed by atoms with Crippen molar-refractivity contribution < 1.29 is 0 Å². The summed E-state index contributed by atoms with van der Waals surface area (Å²) in [7, 11) is 4.22. The van der Waals surface area contributed by atoms with E-state index in [1.54, 1.807) is 0 Å². The van der Waals surface area contributed by atoms with Gasteiger partial charge in [-0.3, -0.25) is 0 Å². The van der Waals surface area contributed by atoms with Gasteiger partial charge < -0.3 is 15.5 Å². The molecule has 1 heterocycles. The van der Waals surface area contributed by atoms with Crippen LogP contribution in [0.5, 0.6) is 0 Å². The molecule has 0 radical (unpaired) electrons. The molecule has 21 heavy (non-hydrogen) atoms. The van der Waals surface area contributed by atoms with Crippen molar-refractivity contribution >= 4 is 11.6 Å². The molecule has 0 unspecified atom stereocenters. The predicted octanol–water partition coefficient (Wildman–Crippen LogP) is 2.92. The van der Waals surface area contributed by atoms with Crippen molar-refractivity contribution in [3.63, 3.8) is 0 Å². The van der Waals surface area contributed by atoms with Gasteiger partial charge in [-0.25, -0.2) is 9.97 Å². The fraction of sp³-hybridized carbons (Fsp3) is 0.750. The van der Waals surface area contributed by atoms with Crippen LogP contribution in [0.4, 0.5) is 11.6 Å². The molecule has 0 bridgehead atoms. The average molecular weight is 293 g/mol. The lowest BCUT2D eigenvalue weighted by atomic mass is 10.2. The largest absolute Gasteiger partial charge is 0.370 e. The number of aryl methyl sites for hydroxylation is 1. The molecule has 0 aliphatic heterocycles. The molecule has 0 saturated carbocycles. The highest BCUT2D eigenvalue weighted by molar-refractivity contribution is 5.57. The first-order valence-electron chi connectivity index (χ1n) is 8.08. The Morgan fingerprint density at radius 2 is 1.57 bits per heavy atom. The Balaban J connectivity index is 2.62. The third-order valence-electron chi connectivity index (χ3n) is 3.38. The van der Waals surface area contributed by atoms with E-state index < -0.39 is 0 Å². The van der Waals surface area contributed by atoms with E-state index in [0.29, 0.717) is 0 Å². The molecule has 120 valence electrons. The van der Waals surface area contributed by atoms with Gasteiger partial charge in [-0.15, -0.1) is 0 Å². The van der Waals surface area contributed by atoms with Crippen molar-refractivity contribution in [1.82, 2.24) is 14.9 Å². The topological polar surface area (TPSA) is 53.1 Å². The fourth-order valence-corrected chi connectivity index (χ4v) is 2.07. The molecular weight excluding hydrogens is 262 g/mol. The molecule has 0 aliphatic carbocycles. The Morgan fingerprint density at radius 1 is 0.952 bits per heavy atom. The van der Waals surface area contributed by atoms with Crippen molar-refractivity contribution in [1.29, 1.82) is 0 Å². The molecule has 1 rings (SSSR count). The fourth-order valence-electron chi connectivity index (χ4n) is 2.07. The number of anilines is 2. The molecule has 2 N–H and O–H groups in total. The summed E-state index contributed by atoms with van der Waals surface area (Å²) in [6, 6.07) is 0. The molecule has 1 aromatic heterocycles. The third-order valence-corrected chi connectivity index (χ3v) is 3.38. The SMILES string of the molecule is CCCNc1nc(CC)nc(NCCCCN(C)C)c1C. The lowest BCUT2D eigenvalue weighted by molar-refractivity contribution is 0.396. The zero-order chi connectivity index (χ0) is 15.7. The molecule has 0 spiro atoms. The summed E-state index contributed by atoms with van der Waals surface area (Å²) >= 11 is 0. The molecule has 5 nitrogen and oxygen atoms in total. The van der Waals surface area contributed by atoms with Crippen LogP contribution in [0.2, 0.25) is 0 Å². The maximum atomic E-state index is 4.62. The van der Waals surface area contributed by atoms with E-state index in [-0.39, 0.29) is 0 Å². The lowest BCUT2D eigenvalue weighted by Crippen LogP contribution is -2.15. The highest BCUT2D eigenvalue weighted by atomic mass is 15.1. The number of hydrogen-bond donors (Lipinski definition) is 2. The molecule has 0 aromatic carbocycles. The van der Waals surface area contributed by atoms with Crippen molar-refractivity contribution in [3.05, 3.63) is 11.4 Å². The van der Waals surface area contributed by atoms with Crippen molar-refractivity contribution in [2.45, 2.75) is 46.5 Å². The first kappa shape index (κ1) is 17.7. The van der Waals surface area contributed by atoms with Gasteiger partial charge in [0.1, 0.15) is 17.5 Å². The Labute approximate surface area is 129 Å². The van der Waals surface area contributed by atoms with Gasteiger partial charge in [0, 0.05) is 25.1 Å². The molecule has 0 amide bonds. The number of hydrogen-bond acceptors (Lipinski definition) is 5. The highest BCUT2D eigenvalue weighted by Gasteiger charge is 2.09. The summed E-state index contributed by atoms with van der Waals surface area (Å²) in [5.41, 5.74) is 1.12. The second kappa shape index (κ2) is 9.55. The molecule has 0 saturated heterocycles. The van der Waals surface area contributed by atoms with Gasteiger partial charge in [0.25, 0.3) is 0 Å². The number of nitrogens with zero attached hydrogens (tertiary/aromatic N) is 3. The summed E-state index contributed by atoms with van der Waals surface area (Å²) in [5, 5.41) is 6.87. The predicted molar refractivity (Wildman–Crippen MR) is 91.2 cm³/mol. The minimum absolute atomic E-state index is 0.858. The Hall–Kier alpha value is -1.36. The summed E-state index contributed by atoms with van der Waals surface area (Å²) in [5.74, 6) is 2.85. The van der Waals surface area contributed by atoms with Crippen LogP contribution in [-0.4, -0.2) is 48.6 Å². The van der Waals surface area contributed by atoms with Crippen molar-refractivity contribution in [2.75, 3.05) is 44.4 Å². The molecular formula is C16H31N5. The van der Waals surface area contributed by atoms with Gasteiger partial charge in [0.2, 0.25) is 0 Å². The van der Waals surface area contributed by atoms with Crippen molar-refractivity contribution in [3.8, 4) is 0 Å². The smallest absolute Gasteiger partial charge is 0.134 e. The van der Waals surface area contributed by atoms with E-state index in [2.05, 4.69) is 60.4 Å². The second-order valence-corrected chi connectivity index (χ2v) is 5.68. The van der Waals surface area contributed by atoms with E-state index >= 15 is 0 Å². The molecule has 0 aliphatic rings. The van der Waals surface area contributed by atoms with Gasteiger partial charge >= 0.3 is 0 Å². The second-order valence-electron chi connectivity index (χ2n) is 5.68. The number of rotatable bonds is 10. The molecule has 5 heteroatoms. The minimum Gasteiger partial charge on any atom is -0.370 e. The van der Waals surface area contributed by atoms with E-state index in [4.69, 9.17) is 0 Å². The zero-order valence-electron chi connectivity index (χ0n) is 14.3. The maximum absolute atomic E-state index is 4.62. The summed E-state index contributed by atoms with van der Waals surface area (Å²) < 4.78 is 0. The number of unbranched alkanes of at least 4 members (excludes halogenated alkanes) is 1. The summed E-state index contributed by atoms with van der Waals surface area (Å²) in [6.45, 7) is 9.38. The van der Waals surface area contributed by atoms with Crippen LogP contribution in [0.1, 0.15) is 44.5 Å². The summed E-state index contributed by atoms with van der Waals surface area (Å²) in [4.78, 5) is 11.4. The van der Waals surface area contributed by atoms with Gasteiger partial charge in [0.15, 0.2) is 0 Å². The first-order chi connectivity index (χ1) is 10.1. The first-order valence-corrected chi connectivity index (χ1v) is 8.08. The van der Waals surface area contributed by atoms with Crippen LogP contribution in [0, 0.1) is 6.92 Å². The highest BCUT2D eigenvalue weighted by Crippen LogP contribution is 2.20. The quantitative estimate of drug-likeness (QED) is 0.650. The Kier molecular flexibility index (Phi) is 8.05. The zero-order valence-corrected chi connectivity index (χ0v) is 14.3.